The molecule has 2 amide bonds. The van der Waals surface area contributed by atoms with Crippen LogP contribution in [0.2, 0.25) is 0 Å². The molecule has 0 saturated carbocycles. The topological polar surface area (TPSA) is 71.3 Å². The molecule has 128 valence electrons. The molecule has 2 N–H and O–H groups in total. The lowest BCUT2D eigenvalue weighted by atomic mass is 10.1. The maximum atomic E-state index is 12.9. The van der Waals surface area contributed by atoms with Crippen molar-refractivity contribution in [2.45, 2.75) is 5.75 Å². The molecule has 0 saturated heterocycles. The van der Waals surface area contributed by atoms with Gasteiger partial charge in [0.2, 0.25) is 0 Å². The molecule has 25 heavy (non-hydrogen) atoms. The first-order valence-corrected chi connectivity index (χ1v) is 8.85. The van der Waals surface area contributed by atoms with Crippen molar-refractivity contribution >= 4 is 34.5 Å². The van der Waals surface area contributed by atoms with Crippen LogP contribution in [0.4, 0.5) is 4.39 Å². The van der Waals surface area contributed by atoms with E-state index in [0.29, 0.717) is 11.3 Å². The molecule has 1 aromatic heterocycles. The zero-order valence-corrected chi connectivity index (χ0v) is 14.2. The number of thioether (sulfide) groups is 1. The lowest BCUT2D eigenvalue weighted by molar-refractivity contribution is 0.0831. The van der Waals surface area contributed by atoms with Crippen molar-refractivity contribution in [3.05, 3.63) is 71.2 Å². The van der Waals surface area contributed by atoms with Crippen molar-refractivity contribution in [3.63, 3.8) is 0 Å². The predicted octanol–water partition coefficient (Wildman–Crippen LogP) is 3.51. The first kappa shape index (κ1) is 17.0. The van der Waals surface area contributed by atoms with E-state index in [0.717, 1.165) is 10.9 Å². The summed E-state index contributed by atoms with van der Waals surface area (Å²) in [5.74, 6) is -0.766. The van der Waals surface area contributed by atoms with Gasteiger partial charge in [-0.15, -0.1) is 0 Å². The Kier molecular flexibility index (Phi) is 5.04. The van der Waals surface area contributed by atoms with Gasteiger partial charge in [0.05, 0.1) is 0 Å². The molecule has 0 aliphatic rings. The lowest BCUT2D eigenvalue weighted by Gasteiger charge is -2.07. The van der Waals surface area contributed by atoms with Gasteiger partial charge in [0.15, 0.2) is 5.76 Å². The van der Waals surface area contributed by atoms with Gasteiger partial charge >= 0.3 is 5.91 Å². The molecule has 3 rings (SSSR count). The van der Waals surface area contributed by atoms with Gasteiger partial charge in [-0.05, 0) is 36.6 Å². The minimum absolute atomic E-state index is 0.162. The van der Waals surface area contributed by atoms with Crippen molar-refractivity contribution in [2.24, 2.45) is 0 Å². The Morgan fingerprint density at radius 3 is 2.44 bits per heavy atom. The second kappa shape index (κ2) is 7.40. The summed E-state index contributed by atoms with van der Waals surface area (Å²) < 4.78 is 18.5. The van der Waals surface area contributed by atoms with E-state index < -0.39 is 17.6 Å². The first-order valence-electron chi connectivity index (χ1n) is 7.45. The molecule has 7 heteroatoms. The highest BCUT2D eigenvalue weighted by molar-refractivity contribution is 7.97. The number of benzene rings is 2. The van der Waals surface area contributed by atoms with E-state index >= 15 is 0 Å². The lowest BCUT2D eigenvalue weighted by Crippen LogP contribution is -2.41. The molecule has 0 aliphatic carbocycles. The number of para-hydroxylation sites is 1. The van der Waals surface area contributed by atoms with Gasteiger partial charge in [0, 0.05) is 22.3 Å². The molecule has 0 unspecified atom stereocenters. The van der Waals surface area contributed by atoms with Gasteiger partial charge < -0.3 is 4.42 Å². The molecule has 0 fully saturated rings. The summed E-state index contributed by atoms with van der Waals surface area (Å²) in [5.41, 5.74) is 6.26. The summed E-state index contributed by atoms with van der Waals surface area (Å²) in [6.07, 6.45) is 1.93. The predicted molar refractivity (Wildman–Crippen MR) is 94.8 cm³/mol. The fourth-order valence-corrected chi connectivity index (χ4v) is 2.99. The number of carbonyl (C=O) groups excluding carboxylic acids is 2. The molecular formula is C18H15FN2O3S. The average Bonchev–Trinajstić information content (AvgIpc) is 2.99. The molecular weight excluding hydrogens is 343 g/mol. The number of amides is 2. The number of hydrogen-bond donors (Lipinski definition) is 2. The molecule has 0 atom stereocenters. The van der Waals surface area contributed by atoms with Gasteiger partial charge in [-0.25, -0.2) is 4.39 Å². The Morgan fingerprint density at radius 1 is 1.04 bits per heavy atom. The zero-order valence-electron chi connectivity index (χ0n) is 13.3. The number of furan rings is 1. The van der Waals surface area contributed by atoms with Gasteiger partial charge in [-0.1, -0.05) is 18.2 Å². The SMILES string of the molecule is CSCc1c(C(=O)NNC(=O)c2ccc(F)cc2)oc2ccccc12. The van der Waals surface area contributed by atoms with Crippen LogP contribution in [0.5, 0.6) is 0 Å². The number of hydrogen-bond acceptors (Lipinski definition) is 4. The summed E-state index contributed by atoms with van der Waals surface area (Å²) in [6.45, 7) is 0. The molecule has 0 radical (unpaired) electrons. The number of rotatable bonds is 4. The van der Waals surface area contributed by atoms with E-state index in [1.807, 2.05) is 24.5 Å². The molecule has 5 nitrogen and oxygen atoms in total. The maximum absolute atomic E-state index is 12.9. The van der Waals surface area contributed by atoms with E-state index in [1.54, 1.807) is 17.8 Å². The zero-order chi connectivity index (χ0) is 17.8. The Morgan fingerprint density at radius 2 is 1.72 bits per heavy atom. The quantitative estimate of drug-likeness (QED) is 0.700. The summed E-state index contributed by atoms with van der Waals surface area (Å²) in [7, 11) is 0. The summed E-state index contributed by atoms with van der Waals surface area (Å²) >= 11 is 1.57. The fourth-order valence-electron chi connectivity index (χ4n) is 2.41. The van der Waals surface area contributed by atoms with Gasteiger partial charge in [0.1, 0.15) is 11.4 Å². The van der Waals surface area contributed by atoms with Crippen LogP contribution in [0.25, 0.3) is 11.0 Å². The van der Waals surface area contributed by atoms with E-state index in [-0.39, 0.29) is 11.3 Å². The second-order valence-corrected chi connectivity index (χ2v) is 6.12. The average molecular weight is 358 g/mol. The van der Waals surface area contributed by atoms with Crippen LogP contribution >= 0.6 is 11.8 Å². The molecule has 0 spiro atoms. The van der Waals surface area contributed by atoms with Gasteiger partial charge in [0.25, 0.3) is 5.91 Å². The number of carbonyl (C=O) groups is 2. The maximum Gasteiger partial charge on any atom is 0.305 e. The Bertz CT molecular complexity index is 922. The van der Waals surface area contributed by atoms with Gasteiger partial charge in [-0.3, -0.25) is 20.4 Å². The van der Waals surface area contributed by atoms with Crippen molar-refractivity contribution in [1.82, 2.24) is 10.9 Å². The normalized spacial score (nSPS) is 10.6. The molecule has 1 heterocycles. The molecule has 3 aromatic rings. The van der Waals surface area contributed by atoms with Crippen molar-refractivity contribution < 1.29 is 18.4 Å². The van der Waals surface area contributed by atoms with Crippen molar-refractivity contribution in [1.29, 1.82) is 0 Å². The van der Waals surface area contributed by atoms with Crippen LogP contribution in [0, 0.1) is 5.82 Å². The van der Waals surface area contributed by atoms with Crippen LogP contribution < -0.4 is 10.9 Å². The number of nitrogens with one attached hydrogen (secondary N) is 2. The van der Waals surface area contributed by atoms with Gasteiger partial charge in [-0.2, -0.15) is 11.8 Å². The van der Waals surface area contributed by atoms with E-state index in [1.165, 1.54) is 24.3 Å². The Balaban J connectivity index is 1.77. The summed E-state index contributed by atoms with van der Waals surface area (Å²) in [4.78, 5) is 24.4. The van der Waals surface area contributed by atoms with Crippen molar-refractivity contribution in [2.75, 3.05) is 6.26 Å². The minimum atomic E-state index is -0.546. The van der Waals surface area contributed by atoms with Crippen LogP contribution in [0.3, 0.4) is 0 Å². The minimum Gasteiger partial charge on any atom is -0.451 e. The Labute approximate surface area is 147 Å². The van der Waals surface area contributed by atoms with E-state index in [4.69, 9.17) is 4.42 Å². The molecule has 2 aromatic carbocycles. The summed E-state index contributed by atoms with van der Waals surface area (Å²) in [6, 6.07) is 12.4. The van der Waals surface area contributed by atoms with E-state index in [2.05, 4.69) is 10.9 Å². The van der Waals surface area contributed by atoms with Crippen molar-refractivity contribution in [3.8, 4) is 0 Å². The first-order chi connectivity index (χ1) is 12.1. The second-order valence-electron chi connectivity index (χ2n) is 5.25. The standard InChI is InChI=1S/C18H15FN2O3S/c1-25-10-14-13-4-2-3-5-15(13)24-16(14)18(23)21-20-17(22)11-6-8-12(19)9-7-11/h2-9H,10H2,1H3,(H,20,22)(H,21,23). The smallest absolute Gasteiger partial charge is 0.305 e. The van der Waals surface area contributed by atoms with Crippen LogP contribution in [-0.2, 0) is 5.75 Å². The number of hydrazine groups is 1. The monoisotopic (exact) mass is 358 g/mol. The molecule has 0 bridgehead atoms. The van der Waals surface area contributed by atoms with E-state index in [9.17, 15) is 14.0 Å². The van der Waals surface area contributed by atoms with Crippen LogP contribution in [0.1, 0.15) is 26.5 Å². The largest absolute Gasteiger partial charge is 0.451 e. The highest BCUT2D eigenvalue weighted by Gasteiger charge is 2.20. The fraction of sp³-hybridized carbons (Fsp3) is 0.111. The number of fused-ring (bicyclic) bond motifs is 1. The van der Waals surface area contributed by atoms with Crippen LogP contribution in [0.15, 0.2) is 52.9 Å². The number of halogens is 1. The molecule has 0 aliphatic heterocycles. The highest BCUT2D eigenvalue weighted by atomic mass is 32.2. The highest BCUT2D eigenvalue weighted by Crippen LogP contribution is 2.28. The third-order valence-corrected chi connectivity index (χ3v) is 4.17. The van der Waals surface area contributed by atoms with Crippen LogP contribution in [-0.4, -0.2) is 18.1 Å². The Hall–Kier alpha value is -2.80. The summed E-state index contributed by atoms with van der Waals surface area (Å²) in [5, 5.41) is 0.867. The third-order valence-electron chi connectivity index (χ3n) is 3.59. The third kappa shape index (κ3) is 3.66.